The highest BCUT2D eigenvalue weighted by atomic mass is 35.5. The van der Waals surface area contributed by atoms with Gasteiger partial charge in [-0.25, -0.2) is 4.98 Å². The molecule has 0 amide bonds. The van der Waals surface area contributed by atoms with E-state index in [0.717, 1.165) is 46.8 Å². The van der Waals surface area contributed by atoms with Gasteiger partial charge in [-0.1, -0.05) is 54.1 Å². The molecule has 2 aromatic heterocycles. The lowest BCUT2D eigenvalue weighted by Crippen LogP contribution is -2.24. The van der Waals surface area contributed by atoms with Crippen LogP contribution >= 0.6 is 11.6 Å². The van der Waals surface area contributed by atoms with Gasteiger partial charge >= 0.3 is 12.1 Å². The fraction of sp³-hybridized carbons (Fsp3) is 0.415. The van der Waals surface area contributed by atoms with Crippen LogP contribution in [0.1, 0.15) is 66.0 Å². The minimum atomic E-state index is -4.77. The molecule has 0 unspecified atom stereocenters. The van der Waals surface area contributed by atoms with Crippen LogP contribution in [0.2, 0.25) is 5.02 Å². The van der Waals surface area contributed by atoms with Gasteiger partial charge < -0.3 is 24.6 Å². The third kappa shape index (κ3) is 8.29. The minimum Gasteiger partial charge on any atom is -0.481 e. The Morgan fingerprint density at radius 3 is 2.40 bits per heavy atom. The van der Waals surface area contributed by atoms with E-state index in [-0.39, 0.29) is 24.5 Å². The first-order valence-corrected chi connectivity index (χ1v) is 18.8. The molecular formula is C41H42ClF3N4O6. The van der Waals surface area contributed by atoms with Crippen LogP contribution in [0.5, 0.6) is 17.6 Å². The summed E-state index contributed by atoms with van der Waals surface area (Å²) >= 11 is 7.12. The van der Waals surface area contributed by atoms with Crippen LogP contribution in [-0.2, 0) is 35.3 Å². The molecule has 1 saturated heterocycles. The Balaban J connectivity index is 1.12. The van der Waals surface area contributed by atoms with Crippen molar-refractivity contribution in [1.82, 2.24) is 20.2 Å². The van der Waals surface area contributed by atoms with E-state index in [1.807, 2.05) is 48.5 Å². The Labute approximate surface area is 322 Å². The van der Waals surface area contributed by atoms with E-state index in [0.29, 0.717) is 79.1 Å². The van der Waals surface area contributed by atoms with E-state index in [1.54, 1.807) is 12.0 Å². The van der Waals surface area contributed by atoms with Gasteiger partial charge in [0, 0.05) is 54.7 Å². The third-order valence-electron chi connectivity index (χ3n) is 10.8. The number of aliphatic carboxylic acids is 1. The number of carbonyl (C=O) groups excluding carboxylic acids is 1. The van der Waals surface area contributed by atoms with Crippen molar-refractivity contribution >= 4 is 23.4 Å². The van der Waals surface area contributed by atoms with Crippen molar-refractivity contribution in [2.75, 3.05) is 33.9 Å². The number of nitrogens with one attached hydrogen (secondary N) is 1. The quantitative estimate of drug-likeness (QED) is 0.138. The highest BCUT2D eigenvalue weighted by molar-refractivity contribution is 6.36. The molecule has 1 saturated carbocycles. The number of pyridine rings is 2. The molecule has 2 aromatic carbocycles. The van der Waals surface area contributed by atoms with Crippen molar-refractivity contribution in [3.8, 4) is 40.0 Å². The van der Waals surface area contributed by atoms with Crippen LogP contribution in [-0.4, -0.2) is 65.6 Å². The first kappa shape index (κ1) is 38.6. The van der Waals surface area contributed by atoms with Gasteiger partial charge in [0.2, 0.25) is 17.6 Å². The molecule has 2 aliphatic carbocycles. The zero-order valence-corrected chi connectivity index (χ0v) is 31.3. The van der Waals surface area contributed by atoms with Gasteiger partial charge in [0.15, 0.2) is 0 Å². The molecule has 4 aromatic rings. The largest absolute Gasteiger partial charge is 0.481 e. The number of nitrogens with zero attached hydrogens (tertiary/aromatic N) is 3. The van der Waals surface area contributed by atoms with Crippen LogP contribution < -0.4 is 19.5 Å². The first-order chi connectivity index (χ1) is 26.4. The highest BCUT2D eigenvalue weighted by Crippen LogP contribution is 2.46. The summed E-state index contributed by atoms with van der Waals surface area (Å²) in [4.78, 5) is 33.9. The fourth-order valence-electron chi connectivity index (χ4n) is 7.99. The Morgan fingerprint density at radius 2 is 1.69 bits per heavy atom. The summed E-state index contributed by atoms with van der Waals surface area (Å²) in [7, 11) is 2.90. The van der Waals surface area contributed by atoms with E-state index in [4.69, 9.17) is 30.8 Å². The predicted molar refractivity (Wildman–Crippen MR) is 199 cm³/mol. The average Bonchev–Trinajstić information content (AvgIpc) is 3.92. The molecule has 1 aliphatic heterocycles. The summed E-state index contributed by atoms with van der Waals surface area (Å²) in [5, 5.41) is 13.3. The number of halogens is 4. The number of ether oxygens (including phenoxy) is 3. The molecule has 2 N–H and O–H groups in total. The Morgan fingerprint density at radius 1 is 0.945 bits per heavy atom. The molecule has 0 spiro atoms. The minimum absolute atomic E-state index is 0.00589. The number of aromatic nitrogens is 2. The van der Waals surface area contributed by atoms with Crippen molar-refractivity contribution in [3.05, 3.63) is 87.4 Å². The van der Waals surface area contributed by atoms with Crippen LogP contribution in [0.25, 0.3) is 22.4 Å². The first-order valence-electron chi connectivity index (χ1n) is 18.4. The maximum absolute atomic E-state index is 14.5. The monoisotopic (exact) mass is 778 g/mol. The van der Waals surface area contributed by atoms with Crippen LogP contribution in [0, 0.1) is 11.8 Å². The average molecular weight is 779 g/mol. The summed E-state index contributed by atoms with van der Waals surface area (Å²) in [6.07, 6.45) is -1.93. The van der Waals surface area contributed by atoms with E-state index >= 15 is 0 Å². The molecule has 2 fully saturated rings. The molecule has 3 atom stereocenters. The Hall–Kier alpha value is -4.72. The molecule has 3 aliphatic rings. The van der Waals surface area contributed by atoms with Crippen molar-refractivity contribution < 1.29 is 42.1 Å². The number of methoxy groups -OCH3 is 2. The second-order valence-corrected chi connectivity index (χ2v) is 14.8. The number of alkyl halides is 3. The highest BCUT2D eigenvalue weighted by Gasteiger charge is 2.39. The molecular weight excluding hydrogens is 737 g/mol. The molecule has 0 bridgehead atoms. The zero-order valence-electron chi connectivity index (χ0n) is 30.5. The zero-order chi connectivity index (χ0) is 38.9. The number of ketones is 1. The van der Waals surface area contributed by atoms with Gasteiger partial charge in [-0.15, -0.1) is 0 Å². The molecule has 7 rings (SSSR count). The summed E-state index contributed by atoms with van der Waals surface area (Å²) in [5.74, 6) is -0.951. The van der Waals surface area contributed by atoms with Gasteiger partial charge in [0.1, 0.15) is 17.5 Å². The van der Waals surface area contributed by atoms with E-state index in [2.05, 4.69) is 10.3 Å². The molecule has 3 heterocycles. The topological polar surface area (TPSA) is 123 Å². The van der Waals surface area contributed by atoms with Crippen molar-refractivity contribution in [2.24, 2.45) is 11.8 Å². The number of Topliss-reactive ketones (excluding diaryl/α,β-unsaturated/α-hetero) is 1. The normalized spacial score (nSPS) is 19.8. The summed E-state index contributed by atoms with van der Waals surface area (Å²) in [5.41, 5.74) is 4.64. The summed E-state index contributed by atoms with van der Waals surface area (Å²) < 4.78 is 60.8. The van der Waals surface area contributed by atoms with Gasteiger partial charge in [-0.3, -0.25) is 14.5 Å². The van der Waals surface area contributed by atoms with Gasteiger partial charge in [0.05, 0.1) is 30.9 Å². The van der Waals surface area contributed by atoms with E-state index in [9.17, 15) is 27.9 Å². The SMILES string of the molecule is COc1nc(-c2cccc(-c3cccc4c3CC[C@@H]4Oc3nc(OC)c(CN4CC[C@@H](C(=O)O)C4)cc3C(F)(F)F)c2Cl)ccc1CNC[C@@H]1CCC(=O)C1. The van der Waals surface area contributed by atoms with Gasteiger partial charge in [0.25, 0.3) is 0 Å². The van der Waals surface area contributed by atoms with E-state index < -0.39 is 35.6 Å². The molecule has 290 valence electrons. The van der Waals surface area contributed by atoms with Crippen LogP contribution in [0.4, 0.5) is 13.2 Å². The second kappa shape index (κ2) is 16.2. The van der Waals surface area contributed by atoms with Crippen molar-refractivity contribution in [2.45, 2.75) is 63.9 Å². The third-order valence-corrected chi connectivity index (χ3v) is 11.2. The maximum atomic E-state index is 14.5. The molecule has 14 heteroatoms. The Kier molecular flexibility index (Phi) is 11.3. The number of rotatable bonds is 13. The molecule has 55 heavy (non-hydrogen) atoms. The molecule has 10 nitrogen and oxygen atoms in total. The fourth-order valence-corrected chi connectivity index (χ4v) is 8.32. The maximum Gasteiger partial charge on any atom is 0.421 e. The standard InChI is InChI=1S/C41H42ClF3N4O6/c1-53-37-24(20-46-19-23-9-11-27(50)17-23)10-13-34(47-37)32-8-4-7-31(36(32)42)28-5-3-6-30-29(28)12-14-35(30)55-39-33(41(43,44)45)18-26(38(48-39)54-2)22-49-16-15-25(21-49)40(51)52/h3-8,10,13,18,23,25,35,46H,9,11-12,14-17,19-22H2,1-2H3,(H,51,52)/t23-,25-,35+/m1/s1. The number of carboxylic acids is 1. The summed E-state index contributed by atoms with van der Waals surface area (Å²) in [6.45, 7) is 2.02. The molecule has 0 radical (unpaired) electrons. The smallest absolute Gasteiger partial charge is 0.421 e. The number of hydrogen-bond acceptors (Lipinski definition) is 9. The van der Waals surface area contributed by atoms with Crippen LogP contribution in [0.3, 0.4) is 0 Å². The number of hydrogen-bond donors (Lipinski definition) is 2. The van der Waals surface area contributed by atoms with Gasteiger partial charge in [-0.05, 0) is 73.5 Å². The summed E-state index contributed by atoms with van der Waals surface area (Å²) in [6, 6.07) is 16.2. The number of fused-ring (bicyclic) bond motifs is 1. The number of carboxylic acid groups (broad SMARTS) is 1. The lowest BCUT2D eigenvalue weighted by molar-refractivity contribution is -0.141. The van der Waals surface area contributed by atoms with Gasteiger partial charge in [-0.2, -0.15) is 18.2 Å². The number of carbonyl (C=O) groups is 2. The number of benzene rings is 2. The second-order valence-electron chi connectivity index (χ2n) is 14.4. The lowest BCUT2D eigenvalue weighted by Gasteiger charge is -2.22. The number of likely N-dealkylation sites (tertiary alicyclic amines) is 1. The van der Waals surface area contributed by atoms with E-state index in [1.165, 1.54) is 7.11 Å². The Bertz CT molecular complexity index is 2100. The lowest BCUT2D eigenvalue weighted by atomic mass is 9.94. The van der Waals surface area contributed by atoms with Crippen molar-refractivity contribution in [1.29, 1.82) is 0 Å². The van der Waals surface area contributed by atoms with Crippen molar-refractivity contribution in [3.63, 3.8) is 0 Å². The van der Waals surface area contributed by atoms with Crippen LogP contribution in [0.15, 0.2) is 54.6 Å². The predicted octanol–water partition coefficient (Wildman–Crippen LogP) is 7.93.